The predicted molar refractivity (Wildman–Crippen MR) is 72.1 cm³/mol. The molecular weight excluding hydrogens is 214 g/mol. The van der Waals surface area contributed by atoms with E-state index < -0.39 is 5.97 Å². The van der Waals surface area contributed by atoms with E-state index in [1.165, 1.54) is 0 Å². The lowest BCUT2D eigenvalue weighted by Crippen LogP contribution is -2.44. The highest BCUT2D eigenvalue weighted by molar-refractivity contribution is 5.85. The van der Waals surface area contributed by atoms with Crippen LogP contribution in [0.4, 0.5) is 0 Å². The molecule has 0 saturated heterocycles. The van der Waals surface area contributed by atoms with Crippen LogP contribution in [-0.2, 0) is 4.79 Å². The van der Waals surface area contributed by atoms with E-state index in [4.69, 9.17) is 5.11 Å². The molecule has 0 radical (unpaired) electrons. The minimum absolute atomic E-state index is 0.0101. The summed E-state index contributed by atoms with van der Waals surface area (Å²) in [6.07, 6.45) is 8.65. The van der Waals surface area contributed by atoms with Gasteiger partial charge in [0.05, 0.1) is 0 Å². The Labute approximate surface area is 105 Å². The van der Waals surface area contributed by atoms with Crippen molar-refractivity contribution in [1.82, 2.24) is 5.32 Å². The van der Waals surface area contributed by atoms with E-state index in [0.29, 0.717) is 5.57 Å². The molecule has 0 spiro atoms. The molecule has 98 valence electrons. The van der Waals surface area contributed by atoms with Gasteiger partial charge in [-0.05, 0) is 33.1 Å². The highest BCUT2D eigenvalue weighted by Gasteiger charge is 2.23. The van der Waals surface area contributed by atoms with Crippen molar-refractivity contribution in [2.24, 2.45) is 0 Å². The van der Waals surface area contributed by atoms with Crippen LogP contribution in [0.5, 0.6) is 0 Å². The predicted octanol–water partition coefficient (Wildman–Crippen LogP) is 3.13. The monoisotopic (exact) mass is 239 g/mol. The first-order chi connectivity index (χ1) is 8.01. The summed E-state index contributed by atoms with van der Waals surface area (Å²) in [5.74, 6) is -0.834. The summed E-state index contributed by atoms with van der Waals surface area (Å²) in [6, 6.07) is 0. The van der Waals surface area contributed by atoms with Gasteiger partial charge in [0.15, 0.2) is 0 Å². The lowest BCUT2D eigenvalue weighted by Gasteiger charge is -2.32. The lowest BCUT2D eigenvalue weighted by atomic mass is 9.88. The van der Waals surface area contributed by atoms with E-state index in [0.717, 1.165) is 25.8 Å². The fraction of sp³-hybridized carbons (Fsp3) is 0.643. The van der Waals surface area contributed by atoms with Crippen LogP contribution in [0.1, 0.15) is 47.0 Å². The molecule has 0 aliphatic carbocycles. The first-order valence-corrected chi connectivity index (χ1v) is 6.27. The Morgan fingerprint density at radius 3 is 2.35 bits per heavy atom. The summed E-state index contributed by atoms with van der Waals surface area (Å²) >= 11 is 0. The first kappa shape index (κ1) is 15.9. The van der Waals surface area contributed by atoms with Gasteiger partial charge in [0, 0.05) is 17.7 Å². The Kier molecular flexibility index (Phi) is 7.55. The standard InChI is InChI=1S/C14H25NO2/c1-5-8-11-15-14(6-2,7-3)10-9-12(4)13(16)17/h5,8-9,15H,6-7,10-11H2,1-4H3,(H,16,17). The molecule has 0 fully saturated rings. The molecule has 0 saturated carbocycles. The number of nitrogens with one attached hydrogen (secondary N) is 1. The maximum atomic E-state index is 10.8. The molecule has 0 aromatic carbocycles. The van der Waals surface area contributed by atoms with Crippen molar-refractivity contribution >= 4 is 5.97 Å². The third kappa shape index (κ3) is 5.68. The molecule has 0 aliphatic heterocycles. The van der Waals surface area contributed by atoms with Gasteiger partial charge in [-0.25, -0.2) is 4.79 Å². The van der Waals surface area contributed by atoms with Gasteiger partial charge in [0.2, 0.25) is 0 Å². The Bertz CT molecular complexity index is 289. The second-order valence-electron chi connectivity index (χ2n) is 4.33. The minimum atomic E-state index is -0.834. The van der Waals surface area contributed by atoms with Crippen molar-refractivity contribution in [1.29, 1.82) is 0 Å². The van der Waals surface area contributed by atoms with Crippen LogP contribution in [0.15, 0.2) is 23.8 Å². The fourth-order valence-electron chi connectivity index (χ4n) is 1.69. The topological polar surface area (TPSA) is 49.3 Å². The number of carbonyl (C=O) groups is 1. The van der Waals surface area contributed by atoms with Gasteiger partial charge in [-0.15, -0.1) is 0 Å². The Morgan fingerprint density at radius 1 is 1.35 bits per heavy atom. The van der Waals surface area contributed by atoms with Gasteiger partial charge in [-0.2, -0.15) is 0 Å². The summed E-state index contributed by atoms with van der Waals surface area (Å²) in [6.45, 7) is 8.74. The molecular formula is C14H25NO2. The Hall–Kier alpha value is -1.09. The highest BCUT2D eigenvalue weighted by Crippen LogP contribution is 2.21. The molecule has 0 aromatic rings. The van der Waals surface area contributed by atoms with Crippen LogP contribution >= 0.6 is 0 Å². The van der Waals surface area contributed by atoms with Gasteiger partial charge >= 0.3 is 5.97 Å². The minimum Gasteiger partial charge on any atom is -0.478 e. The quantitative estimate of drug-likeness (QED) is 0.505. The first-order valence-electron chi connectivity index (χ1n) is 6.27. The van der Waals surface area contributed by atoms with E-state index in [1.807, 2.05) is 19.1 Å². The van der Waals surface area contributed by atoms with Crippen molar-refractivity contribution in [2.45, 2.75) is 52.5 Å². The molecule has 17 heavy (non-hydrogen) atoms. The maximum Gasteiger partial charge on any atom is 0.330 e. The van der Waals surface area contributed by atoms with Crippen LogP contribution in [0.25, 0.3) is 0 Å². The summed E-state index contributed by atoms with van der Waals surface area (Å²) < 4.78 is 0. The largest absolute Gasteiger partial charge is 0.478 e. The Balaban J connectivity index is 4.60. The molecule has 0 amide bonds. The van der Waals surface area contributed by atoms with E-state index in [9.17, 15) is 4.79 Å². The van der Waals surface area contributed by atoms with Gasteiger partial charge in [-0.3, -0.25) is 0 Å². The van der Waals surface area contributed by atoms with E-state index in [2.05, 4.69) is 25.2 Å². The second-order valence-corrected chi connectivity index (χ2v) is 4.33. The van der Waals surface area contributed by atoms with Crippen LogP contribution in [0.2, 0.25) is 0 Å². The molecule has 0 atom stereocenters. The molecule has 3 nitrogen and oxygen atoms in total. The summed E-state index contributed by atoms with van der Waals surface area (Å²) in [5, 5.41) is 12.3. The van der Waals surface area contributed by atoms with Crippen molar-refractivity contribution in [3.8, 4) is 0 Å². The average Bonchev–Trinajstić information content (AvgIpc) is 2.33. The van der Waals surface area contributed by atoms with Crippen LogP contribution < -0.4 is 5.32 Å². The fourth-order valence-corrected chi connectivity index (χ4v) is 1.69. The van der Waals surface area contributed by atoms with Gasteiger partial charge in [-0.1, -0.05) is 32.1 Å². The molecule has 2 N–H and O–H groups in total. The smallest absolute Gasteiger partial charge is 0.330 e. The van der Waals surface area contributed by atoms with Gasteiger partial charge < -0.3 is 10.4 Å². The van der Waals surface area contributed by atoms with E-state index in [-0.39, 0.29) is 5.54 Å². The molecule has 3 heteroatoms. The van der Waals surface area contributed by atoms with Crippen LogP contribution in [0.3, 0.4) is 0 Å². The summed E-state index contributed by atoms with van der Waals surface area (Å²) in [4.78, 5) is 10.8. The highest BCUT2D eigenvalue weighted by atomic mass is 16.4. The van der Waals surface area contributed by atoms with Crippen molar-refractivity contribution < 1.29 is 9.90 Å². The number of hydrogen-bond donors (Lipinski definition) is 2. The lowest BCUT2D eigenvalue weighted by molar-refractivity contribution is -0.132. The van der Waals surface area contributed by atoms with E-state index in [1.54, 1.807) is 6.92 Å². The zero-order valence-electron chi connectivity index (χ0n) is 11.4. The zero-order chi connectivity index (χ0) is 13.3. The third-order valence-corrected chi connectivity index (χ3v) is 3.32. The number of aliphatic carboxylic acids is 1. The SMILES string of the molecule is CC=CCNC(CC)(CC)CC=C(C)C(=O)O. The molecule has 0 unspecified atom stereocenters. The molecule has 0 bridgehead atoms. The average molecular weight is 239 g/mol. The number of rotatable bonds is 8. The molecule has 0 heterocycles. The number of carboxylic acids is 1. The van der Waals surface area contributed by atoms with Gasteiger partial charge in [0.1, 0.15) is 0 Å². The normalized spacial score (nSPS) is 13.3. The molecule has 0 aromatic heterocycles. The van der Waals surface area contributed by atoms with Crippen LogP contribution in [-0.4, -0.2) is 23.2 Å². The maximum absolute atomic E-state index is 10.8. The second kappa shape index (κ2) is 8.07. The number of hydrogen-bond acceptors (Lipinski definition) is 2. The van der Waals surface area contributed by atoms with Gasteiger partial charge in [0.25, 0.3) is 0 Å². The zero-order valence-corrected chi connectivity index (χ0v) is 11.4. The number of carboxylic acid groups (broad SMARTS) is 1. The Morgan fingerprint density at radius 2 is 1.94 bits per heavy atom. The molecule has 0 aliphatic rings. The summed E-state index contributed by atoms with van der Waals surface area (Å²) in [5.41, 5.74) is 0.431. The third-order valence-electron chi connectivity index (χ3n) is 3.32. The van der Waals surface area contributed by atoms with Crippen LogP contribution in [0, 0.1) is 0 Å². The van der Waals surface area contributed by atoms with Crippen molar-refractivity contribution in [2.75, 3.05) is 6.54 Å². The van der Waals surface area contributed by atoms with E-state index >= 15 is 0 Å². The van der Waals surface area contributed by atoms with Crippen molar-refractivity contribution in [3.05, 3.63) is 23.8 Å². The summed E-state index contributed by atoms with van der Waals surface area (Å²) in [7, 11) is 0. The molecule has 0 rings (SSSR count). The number of allylic oxidation sites excluding steroid dienone is 1. The van der Waals surface area contributed by atoms with Crippen molar-refractivity contribution in [3.63, 3.8) is 0 Å².